The van der Waals surface area contributed by atoms with Crippen LogP contribution in [0.4, 0.5) is 10.2 Å². The van der Waals surface area contributed by atoms with Gasteiger partial charge < -0.3 is 21.2 Å². The molecule has 0 fully saturated rings. The Kier molecular flexibility index (Phi) is 6.07. The lowest BCUT2D eigenvalue weighted by Gasteiger charge is -2.18. The number of primary amides is 1. The van der Waals surface area contributed by atoms with Gasteiger partial charge in [-0.3, -0.25) is 9.89 Å². The van der Waals surface area contributed by atoms with Crippen molar-refractivity contribution in [1.82, 2.24) is 20.2 Å². The van der Waals surface area contributed by atoms with Crippen LogP contribution in [-0.2, 0) is 6.42 Å². The van der Waals surface area contributed by atoms with Gasteiger partial charge in [0, 0.05) is 22.4 Å². The SMILES string of the molecule is COc1cc(C(N)=O)c(F)c([C@H](Cc2ccccc2)c2nc(-c3ccc4c(N)n[nH]c4c3)c(Cl)[nH]2)c1. The molecule has 0 saturated carbocycles. The highest BCUT2D eigenvalue weighted by molar-refractivity contribution is 6.32. The summed E-state index contributed by atoms with van der Waals surface area (Å²) in [5.74, 6) is -1.13. The maximum absolute atomic E-state index is 15.6. The van der Waals surface area contributed by atoms with Crippen molar-refractivity contribution in [2.24, 2.45) is 5.73 Å². The molecule has 5 rings (SSSR count). The molecule has 2 aromatic heterocycles. The highest BCUT2D eigenvalue weighted by atomic mass is 35.5. The molecule has 5 aromatic rings. The van der Waals surface area contributed by atoms with E-state index in [9.17, 15) is 4.79 Å². The summed E-state index contributed by atoms with van der Waals surface area (Å²) in [5, 5.41) is 7.97. The van der Waals surface area contributed by atoms with E-state index in [-0.39, 0.29) is 16.3 Å². The lowest BCUT2D eigenvalue weighted by Crippen LogP contribution is -2.17. The summed E-state index contributed by atoms with van der Waals surface area (Å²) >= 11 is 6.59. The zero-order chi connectivity index (χ0) is 25.4. The van der Waals surface area contributed by atoms with E-state index < -0.39 is 17.6 Å². The average molecular weight is 505 g/mol. The maximum atomic E-state index is 15.6. The largest absolute Gasteiger partial charge is 0.497 e. The topological polar surface area (TPSA) is 136 Å². The number of H-pyrrole nitrogens is 2. The Morgan fingerprint density at radius 1 is 1.17 bits per heavy atom. The Bertz CT molecular complexity index is 1580. The molecule has 0 radical (unpaired) electrons. The van der Waals surface area contributed by atoms with Crippen LogP contribution in [0, 0.1) is 5.82 Å². The van der Waals surface area contributed by atoms with Crippen LogP contribution < -0.4 is 16.2 Å². The van der Waals surface area contributed by atoms with Gasteiger partial charge in [0.2, 0.25) is 0 Å². The molecule has 1 atom stereocenters. The standard InChI is InChI=1S/C26H22ClFN6O2/c1-36-15-11-17(21(28)19(12-15)25(30)35)18(9-13-5-3-2-4-6-13)26-31-22(23(27)32-26)14-7-8-16-20(10-14)33-34-24(16)29/h2-8,10-12,18H,9H2,1H3,(H2,30,35)(H,31,32)(H3,29,33,34)/t18-/m0/s1. The molecule has 0 spiro atoms. The number of hydrogen-bond donors (Lipinski definition) is 4. The second kappa shape index (κ2) is 9.35. The number of ether oxygens (including phenoxy) is 1. The van der Waals surface area contributed by atoms with Crippen LogP contribution in [0.3, 0.4) is 0 Å². The zero-order valence-electron chi connectivity index (χ0n) is 19.2. The number of aromatic nitrogens is 4. The Labute approximate surface area is 210 Å². The lowest BCUT2D eigenvalue weighted by atomic mass is 9.89. The minimum absolute atomic E-state index is 0.209. The third kappa shape index (κ3) is 4.25. The fourth-order valence-corrected chi connectivity index (χ4v) is 4.54. The van der Waals surface area contributed by atoms with Crippen molar-refractivity contribution in [3.05, 3.63) is 94.1 Å². The van der Waals surface area contributed by atoms with Crippen molar-refractivity contribution >= 4 is 34.2 Å². The van der Waals surface area contributed by atoms with E-state index in [1.165, 1.54) is 13.2 Å². The van der Waals surface area contributed by atoms with E-state index in [2.05, 4.69) is 15.2 Å². The molecular formula is C26H22ClFN6O2. The molecule has 0 aliphatic carbocycles. The summed E-state index contributed by atoms with van der Waals surface area (Å²) in [6, 6.07) is 17.9. The van der Waals surface area contributed by atoms with Crippen molar-refractivity contribution in [3.63, 3.8) is 0 Å². The number of halogens is 2. The number of carbonyl (C=O) groups excluding carboxylic acids is 1. The molecule has 8 nitrogen and oxygen atoms in total. The molecule has 0 aliphatic heterocycles. The molecule has 0 saturated heterocycles. The summed E-state index contributed by atoms with van der Waals surface area (Å²) < 4.78 is 21.0. The van der Waals surface area contributed by atoms with Crippen molar-refractivity contribution in [3.8, 4) is 17.0 Å². The van der Waals surface area contributed by atoms with Crippen molar-refractivity contribution in [2.45, 2.75) is 12.3 Å². The number of anilines is 1. The van der Waals surface area contributed by atoms with E-state index in [4.69, 9.17) is 32.8 Å². The minimum atomic E-state index is -0.892. The van der Waals surface area contributed by atoms with Crippen molar-refractivity contribution in [2.75, 3.05) is 12.8 Å². The predicted octanol–water partition coefficient (Wildman–Crippen LogP) is 4.81. The summed E-state index contributed by atoms with van der Waals surface area (Å²) in [6.07, 6.45) is 0.378. The fraction of sp³-hybridized carbons (Fsp3) is 0.115. The molecule has 0 bridgehead atoms. The molecule has 10 heteroatoms. The van der Waals surface area contributed by atoms with Crippen LogP contribution in [-0.4, -0.2) is 33.2 Å². The van der Waals surface area contributed by atoms with Gasteiger partial charge in [0.05, 0.1) is 18.2 Å². The van der Waals surface area contributed by atoms with Crippen LogP contribution in [0.25, 0.3) is 22.2 Å². The van der Waals surface area contributed by atoms with Crippen molar-refractivity contribution in [1.29, 1.82) is 0 Å². The number of nitrogens with two attached hydrogens (primary N) is 2. The highest BCUT2D eigenvalue weighted by Gasteiger charge is 2.27. The number of carbonyl (C=O) groups is 1. The number of imidazole rings is 1. The van der Waals surface area contributed by atoms with Gasteiger partial charge in [-0.1, -0.05) is 48.0 Å². The first kappa shape index (κ1) is 23.4. The molecular weight excluding hydrogens is 483 g/mol. The van der Waals surface area contributed by atoms with Crippen LogP contribution in [0.5, 0.6) is 5.75 Å². The Balaban J connectivity index is 1.65. The molecule has 0 aliphatic rings. The number of hydrogen-bond acceptors (Lipinski definition) is 5. The minimum Gasteiger partial charge on any atom is -0.497 e. The van der Waals surface area contributed by atoms with Crippen LogP contribution in [0.2, 0.25) is 5.15 Å². The normalized spacial score (nSPS) is 12.1. The summed E-state index contributed by atoms with van der Waals surface area (Å²) in [7, 11) is 1.44. The van der Waals surface area contributed by atoms with Gasteiger partial charge in [0.25, 0.3) is 5.91 Å². The maximum Gasteiger partial charge on any atom is 0.251 e. The monoisotopic (exact) mass is 504 g/mol. The molecule has 182 valence electrons. The lowest BCUT2D eigenvalue weighted by molar-refractivity contribution is 0.0995. The second-order valence-corrected chi connectivity index (χ2v) is 8.72. The van der Waals surface area contributed by atoms with Gasteiger partial charge in [-0.2, -0.15) is 5.10 Å². The number of amides is 1. The number of aromatic amines is 2. The third-order valence-electron chi connectivity index (χ3n) is 6.11. The van der Waals surface area contributed by atoms with Crippen LogP contribution in [0.15, 0.2) is 60.7 Å². The summed E-state index contributed by atoms with van der Waals surface area (Å²) in [6.45, 7) is 0. The molecule has 0 unspecified atom stereocenters. The fourth-order valence-electron chi connectivity index (χ4n) is 4.29. The van der Waals surface area contributed by atoms with E-state index in [1.54, 1.807) is 6.07 Å². The van der Waals surface area contributed by atoms with E-state index in [0.717, 1.165) is 22.0 Å². The number of rotatable bonds is 7. The van der Waals surface area contributed by atoms with Gasteiger partial charge in [-0.15, -0.1) is 0 Å². The van der Waals surface area contributed by atoms with Gasteiger partial charge in [0.15, 0.2) is 5.82 Å². The second-order valence-electron chi connectivity index (χ2n) is 8.34. The van der Waals surface area contributed by atoms with E-state index in [1.807, 2.05) is 48.5 Å². The molecule has 3 aromatic carbocycles. The van der Waals surface area contributed by atoms with Gasteiger partial charge >= 0.3 is 0 Å². The Hall–Kier alpha value is -4.37. The molecule has 36 heavy (non-hydrogen) atoms. The molecule has 1 amide bonds. The number of fused-ring (bicyclic) bond motifs is 1. The van der Waals surface area contributed by atoms with Crippen molar-refractivity contribution < 1.29 is 13.9 Å². The van der Waals surface area contributed by atoms with Gasteiger partial charge in [0.1, 0.15) is 28.2 Å². The number of benzene rings is 3. The summed E-state index contributed by atoms with van der Waals surface area (Å²) in [4.78, 5) is 19.8. The number of nitrogens with one attached hydrogen (secondary N) is 2. The first-order valence-electron chi connectivity index (χ1n) is 11.1. The number of nitrogen functional groups attached to an aromatic ring is 1. The number of methoxy groups -OCH3 is 1. The van der Waals surface area contributed by atoms with Crippen LogP contribution in [0.1, 0.15) is 33.2 Å². The van der Waals surface area contributed by atoms with Gasteiger partial charge in [-0.05, 0) is 36.2 Å². The van der Waals surface area contributed by atoms with E-state index in [0.29, 0.717) is 29.5 Å². The number of nitrogens with zero attached hydrogens (tertiary/aromatic N) is 2. The quantitative estimate of drug-likeness (QED) is 0.252. The Morgan fingerprint density at radius 2 is 1.94 bits per heavy atom. The predicted molar refractivity (Wildman–Crippen MR) is 137 cm³/mol. The highest BCUT2D eigenvalue weighted by Crippen LogP contribution is 2.37. The average Bonchev–Trinajstić information content (AvgIpc) is 3.45. The smallest absolute Gasteiger partial charge is 0.251 e. The Morgan fingerprint density at radius 3 is 2.67 bits per heavy atom. The molecule has 6 N–H and O–H groups in total. The first-order valence-corrected chi connectivity index (χ1v) is 11.4. The van der Waals surface area contributed by atoms with Gasteiger partial charge in [-0.25, -0.2) is 9.37 Å². The third-order valence-corrected chi connectivity index (χ3v) is 6.38. The zero-order valence-corrected chi connectivity index (χ0v) is 19.9. The first-order chi connectivity index (χ1) is 17.4. The summed E-state index contributed by atoms with van der Waals surface area (Å²) in [5.41, 5.74) is 14.2. The molecule has 2 heterocycles. The van der Waals surface area contributed by atoms with E-state index >= 15 is 4.39 Å². The van der Waals surface area contributed by atoms with Crippen LogP contribution >= 0.6 is 11.6 Å².